The van der Waals surface area contributed by atoms with E-state index >= 15 is 0 Å². The number of phenols is 1. The van der Waals surface area contributed by atoms with Crippen molar-refractivity contribution in [3.63, 3.8) is 0 Å². The van der Waals surface area contributed by atoms with Crippen LogP contribution in [0.4, 0.5) is 0 Å². The molecule has 1 aliphatic heterocycles. The van der Waals surface area contributed by atoms with E-state index in [0.29, 0.717) is 22.1 Å². The molecule has 0 amide bonds. The van der Waals surface area contributed by atoms with Gasteiger partial charge in [-0.25, -0.2) is 0 Å². The number of phenolic OH excluding ortho intramolecular Hbond substituents is 1. The lowest BCUT2D eigenvalue weighted by Gasteiger charge is -2.31. The lowest BCUT2D eigenvalue weighted by molar-refractivity contribution is -0.113. The zero-order chi connectivity index (χ0) is 18.0. The molecule has 3 N–H and O–H groups in total. The van der Waals surface area contributed by atoms with E-state index in [0.717, 1.165) is 11.1 Å². The smallest absolute Gasteiger partial charge is 0.171 e. The summed E-state index contributed by atoms with van der Waals surface area (Å²) in [6.07, 6.45) is 0. The Kier molecular flexibility index (Phi) is 4.72. The highest BCUT2D eigenvalue weighted by atomic mass is 32.1. The molecule has 5 nitrogen and oxygen atoms in total. The van der Waals surface area contributed by atoms with Gasteiger partial charge in [-0.05, 0) is 42.4 Å². The summed E-state index contributed by atoms with van der Waals surface area (Å²) in [4.78, 5) is 12.4. The minimum absolute atomic E-state index is 0.0411. The number of carbonyl (C=O) groups is 1. The molecule has 0 fully saturated rings. The fraction of sp³-hybridized carbons (Fsp3) is 0.158. The number of hydrogen-bond donors (Lipinski definition) is 3. The van der Waals surface area contributed by atoms with E-state index in [2.05, 4.69) is 10.6 Å². The number of Topliss-reactive ketones (excluding diaryl/α,β-unsaturated/α-hetero) is 1. The standard InChI is InChI=1S/C19H18N2O3S/c1-11(22)16-17(12-6-4-3-5-7-12)20-19(25)21-18(16)13-8-9-14(23)15(10-13)24-2/h3-10,18,23H,1-2H3,(H2,20,21,25)/t18-/m0/s1. The molecule has 2 aromatic rings. The van der Waals surface area contributed by atoms with Gasteiger partial charge in [0.1, 0.15) is 0 Å². The zero-order valence-corrected chi connectivity index (χ0v) is 14.7. The van der Waals surface area contributed by atoms with Crippen molar-refractivity contribution in [1.29, 1.82) is 0 Å². The van der Waals surface area contributed by atoms with Crippen LogP contribution in [0.2, 0.25) is 0 Å². The third kappa shape index (κ3) is 3.34. The molecule has 0 spiro atoms. The van der Waals surface area contributed by atoms with Crippen LogP contribution in [0.1, 0.15) is 24.1 Å². The monoisotopic (exact) mass is 354 g/mol. The second-order valence-electron chi connectivity index (χ2n) is 5.67. The first kappa shape index (κ1) is 17.0. The van der Waals surface area contributed by atoms with Crippen LogP contribution in [0.25, 0.3) is 5.70 Å². The third-order valence-corrected chi connectivity index (χ3v) is 4.27. The fourth-order valence-electron chi connectivity index (χ4n) is 2.90. The molecule has 0 saturated heterocycles. The number of nitrogens with one attached hydrogen (secondary N) is 2. The number of aromatic hydroxyl groups is 1. The van der Waals surface area contributed by atoms with Crippen molar-refractivity contribution in [3.05, 3.63) is 65.2 Å². The number of thiocarbonyl (C=S) groups is 1. The van der Waals surface area contributed by atoms with Crippen LogP contribution >= 0.6 is 12.2 Å². The minimum Gasteiger partial charge on any atom is -0.504 e. The van der Waals surface area contributed by atoms with Crippen molar-refractivity contribution in [2.45, 2.75) is 13.0 Å². The molecule has 1 atom stereocenters. The molecule has 0 aromatic heterocycles. The second kappa shape index (κ2) is 6.94. The van der Waals surface area contributed by atoms with Gasteiger partial charge in [0.15, 0.2) is 22.4 Å². The number of hydrogen-bond acceptors (Lipinski definition) is 4. The molecule has 1 heterocycles. The number of rotatable bonds is 4. The molecule has 0 saturated carbocycles. The van der Waals surface area contributed by atoms with Crippen LogP contribution in [-0.2, 0) is 4.79 Å². The summed E-state index contributed by atoms with van der Waals surface area (Å²) < 4.78 is 5.18. The fourth-order valence-corrected chi connectivity index (χ4v) is 3.12. The van der Waals surface area contributed by atoms with E-state index < -0.39 is 6.04 Å². The lowest BCUT2D eigenvalue weighted by atomic mass is 9.90. The Labute approximate surface area is 151 Å². The minimum atomic E-state index is -0.434. The summed E-state index contributed by atoms with van der Waals surface area (Å²) in [5.41, 5.74) is 2.92. The van der Waals surface area contributed by atoms with Crippen LogP contribution in [0.5, 0.6) is 11.5 Å². The van der Waals surface area contributed by atoms with Crippen LogP contribution in [-0.4, -0.2) is 23.1 Å². The molecule has 0 radical (unpaired) electrons. The maximum absolute atomic E-state index is 12.4. The van der Waals surface area contributed by atoms with Crippen molar-refractivity contribution in [1.82, 2.24) is 10.6 Å². The van der Waals surface area contributed by atoms with Crippen LogP contribution < -0.4 is 15.4 Å². The Morgan fingerprint density at radius 2 is 1.92 bits per heavy atom. The Morgan fingerprint density at radius 3 is 2.56 bits per heavy atom. The molecule has 25 heavy (non-hydrogen) atoms. The van der Waals surface area contributed by atoms with Crippen molar-refractivity contribution in [2.75, 3.05) is 7.11 Å². The number of benzene rings is 2. The topological polar surface area (TPSA) is 70.6 Å². The Balaban J connectivity index is 2.17. The first-order valence-electron chi connectivity index (χ1n) is 7.76. The van der Waals surface area contributed by atoms with E-state index in [1.165, 1.54) is 14.0 Å². The van der Waals surface area contributed by atoms with E-state index in [4.69, 9.17) is 17.0 Å². The van der Waals surface area contributed by atoms with Gasteiger partial charge in [-0.3, -0.25) is 4.79 Å². The molecular weight excluding hydrogens is 336 g/mol. The summed E-state index contributed by atoms with van der Waals surface area (Å²) in [7, 11) is 1.48. The first-order valence-corrected chi connectivity index (χ1v) is 8.17. The van der Waals surface area contributed by atoms with E-state index in [1.807, 2.05) is 30.3 Å². The van der Waals surface area contributed by atoms with Crippen molar-refractivity contribution in [2.24, 2.45) is 0 Å². The van der Waals surface area contributed by atoms with Crippen molar-refractivity contribution in [3.8, 4) is 11.5 Å². The zero-order valence-electron chi connectivity index (χ0n) is 13.9. The van der Waals surface area contributed by atoms with E-state index in [1.54, 1.807) is 18.2 Å². The quantitative estimate of drug-likeness (QED) is 0.734. The average Bonchev–Trinajstić information content (AvgIpc) is 2.62. The molecule has 128 valence electrons. The van der Waals surface area contributed by atoms with Crippen LogP contribution in [0.15, 0.2) is 54.1 Å². The van der Waals surface area contributed by atoms with Gasteiger partial charge in [0, 0.05) is 5.57 Å². The molecule has 6 heteroatoms. The van der Waals surface area contributed by atoms with Gasteiger partial charge in [0.2, 0.25) is 0 Å². The van der Waals surface area contributed by atoms with Crippen molar-refractivity contribution >= 4 is 28.8 Å². The molecule has 1 aliphatic rings. The highest BCUT2D eigenvalue weighted by Crippen LogP contribution is 2.35. The summed E-state index contributed by atoms with van der Waals surface area (Å²) >= 11 is 5.34. The van der Waals surface area contributed by atoms with Crippen LogP contribution in [0.3, 0.4) is 0 Å². The summed E-state index contributed by atoms with van der Waals surface area (Å²) in [6, 6.07) is 14.1. The lowest BCUT2D eigenvalue weighted by Crippen LogP contribution is -2.44. The Bertz CT molecular complexity index is 862. The third-order valence-electron chi connectivity index (χ3n) is 4.05. The maximum Gasteiger partial charge on any atom is 0.171 e. The average molecular weight is 354 g/mol. The Hall–Kier alpha value is -2.86. The SMILES string of the molecule is COc1cc([C@@H]2NC(=S)NC(c3ccccc3)=C2C(C)=O)ccc1O. The van der Waals surface area contributed by atoms with Gasteiger partial charge < -0.3 is 20.5 Å². The predicted molar refractivity (Wildman–Crippen MR) is 100 cm³/mol. The Morgan fingerprint density at radius 1 is 1.20 bits per heavy atom. The van der Waals surface area contributed by atoms with E-state index in [9.17, 15) is 9.90 Å². The highest BCUT2D eigenvalue weighted by Gasteiger charge is 2.30. The van der Waals surface area contributed by atoms with Gasteiger partial charge in [0.05, 0.1) is 18.8 Å². The highest BCUT2D eigenvalue weighted by molar-refractivity contribution is 7.80. The number of ketones is 1. The van der Waals surface area contributed by atoms with Gasteiger partial charge in [0.25, 0.3) is 0 Å². The first-order chi connectivity index (χ1) is 12.0. The van der Waals surface area contributed by atoms with Crippen LogP contribution in [0, 0.1) is 0 Å². The van der Waals surface area contributed by atoms with Gasteiger partial charge in [-0.15, -0.1) is 0 Å². The predicted octanol–water partition coefficient (Wildman–Crippen LogP) is 2.92. The summed E-state index contributed by atoms with van der Waals surface area (Å²) in [5, 5.41) is 16.5. The van der Waals surface area contributed by atoms with Gasteiger partial charge in [-0.1, -0.05) is 36.4 Å². The molecule has 3 rings (SSSR count). The number of methoxy groups -OCH3 is 1. The van der Waals surface area contributed by atoms with E-state index in [-0.39, 0.29) is 11.5 Å². The molecule has 0 unspecified atom stereocenters. The largest absolute Gasteiger partial charge is 0.504 e. The number of ether oxygens (including phenoxy) is 1. The van der Waals surface area contributed by atoms with Crippen molar-refractivity contribution < 1.29 is 14.6 Å². The second-order valence-corrected chi connectivity index (χ2v) is 6.08. The summed E-state index contributed by atoms with van der Waals surface area (Å²) in [5.74, 6) is 0.311. The molecular formula is C19H18N2O3S. The van der Waals surface area contributed by atoms with Gasteiger partial charge >= 0.3 is 0 Å². The molecule has 0 aliphatic carbocycles. The normalized spacial score (nSPS) is 16.9. The molecule has 0 bridgehead atoms. The summed E-state index contributed by atoms with van der Waals surface area (Å²) in [6.45, 7) is 1.53. The van der Waals surface area contributed by atoms with Gasteiger partial charge in [-0.2, -0.15) is 0 Å². The number of carbonyl (C=O) groups excluding carboxylic acids is 1. The molecule has 2 aromatic carbocycles. The maximum atomic E-state index is 12.4.